The first-order valence-electron chi connectivity index (χ1n) is 36.9. The molecule has 0 rings (SSSR count). The predicted molar refractivity (Wildman–Crippen MR) is 361 cm³/mol. The van der Waals surface area contributed by atoms with Crippen LogP contribution in [-0.4, -0.2) is 47.4 Å². The van der Waals surface area contributed by atoms with E-state index in [1.807, 2.05) is 6.08 Å². The van der Waals surface area contributed by atoms with Crippen LogP contribution in [0.5, 0.6) is 0 Å². The Balaban J connectivity index is 3.46. The van der Waals surface area contributed by atoms with Crippen LogP contribution in [0, 0.1) is 0 Å². The molecule has 6 nitrogen and oxygen atoms in total. The fraction of sp³-hybridized carbons (Fsp3) is 0.868. The molecule has 1 amide bonds. The highest BCUT2D eigenvalue weighted by atomic mass is 16.5. The summed E-state index contributed by atoms with van der Waals surface area (Å²) < 4.78 is 5.48. The predicted octanol–water partition coefficient (Wildman–Crippen LogP) is 24.0. The molecule has 0 radical (unpaired) electrons. The van der Waals surface area contributed by atoms with Crippen LogP contribution >= 0.6 is 0 Å². The number of hydrogen-bond donors (Lipinski definition) is 3. The summed E-state index contributed by atoms with van der Waals surface area (Å²) in [6, 6.07) is -0.635. The summed E-state index contributed by atoms with van der Waals surface area (Å²) in [6.07, 6.45) is 93.4. The van der Waals surface area contributed by atoms with Gasteiger partial charge in [0.15, 0.2) is 0 Å². The number of nitrogens with one attached hydrogen (secondary N) is 1. The third kappa shape index (κ3) is 67.0. The first-order chi connectivity index (χ1) is 40.5. The minimum absolute atomic E-state index is 0.00100. The number of hydrogen-bond acceptors (Lipinski definition) is 5. The van der Waals surface area contributed by atoms with Crippen molar-refractivity contribution in [1.82, 2.24) is 5.32 Å². The summed E-state index contributed by atoms with van der Waals surface area (Å²) in [5.41, 5.74) is 0. The van der Waals surface area contributed by atoms with Gasteiger partial charge in [0.25, 0.3) is 0 Å². The summed E-state index contributed by atoms with van der Waals surface area (Å²) >= 11 is 0. The molecule has 6 heteroatoms. The van der Waals surface area contributed by atoms with E-state index in [1.165, 1.54) is 321 Å². The second-order valence-corrected chi connectivity index (χ2v) is 25.3. The number of allylic oxidation sites excluding steroid dienone is 7. The maximum absolute atomic E-state index is 12.5. The molecule has 482 valence electrons. The molecule has 3 N–H and O–H groups in total. The Bertz CT molecular complexity index is 1370. The molecule has 0 aliphatic heterocycles. The highest BCUT2D eigenvalue weighted by Crippen LogP contribution is 2.18. The van der Waals surface area contributed by atoms with Crippen molar-refractivity contribution in [2.24, 2.45) is 0 Å². The Morgan fingerprint density at radius 1 is 0.341 bits per heavy atom. The first kappa shape index (κ1) is 79.8. The van der Waals surface area contributed by atoms with Gasteiger partial charge >= 0.3 is 5.97 Å². The van der Waals surface area contributed by atoms with Crippen LogP contribution in [0.1, 0.15) is 399 Å². The zero-order chi connectivity index (χ0) is 59.2. The second kappa shape index (κ2) is 71.3. The van der Waals surface area contributed by atoms with Crippen molar-refractivity contribution in [3.05, 3.63) is 48.6 Å². The van der Waals surface area contributed by atoms with E-state index in [-0.39, 0.29) is 18.5 Å². The van der Waals surface area contributed by atoms with E-state index in [0.29, 0.717) is 19.4 Å². The number of rotatable bonds is 69. The number of amides is 1. The average molecular weight is 1150 g/mol. The number of esters is 1. The molecule has 0 heterocycles. The monoisotopic (exact) mass is 1150 g/mol. The largest absolute Gasteiger partial charge is 0.466 e. The number of aliphatic hydroxyl groups is 2. The fourth-order valence-corrected chi connectivity index (χ4v) is 11.4. The minimum atomic E-state index is -0.851. The standard InChI is InChI=1S/C76H143NO5/c1-3-5-7-9-11-13-15-17-19-20-21-22-23-25-28-31-34-37-41-44-48-52-56-60-64-68-74(79)73(72-78)77-75(80)69-65-61-57-53-49-45-42-38-35-32-29-26-24-27-30-33-36-39-43-47-51-55-59-63-67-71-82-76(81)70-66-62-58-54-50-46-40-18-16-14-12-10-8-6-4-2/h18,26-27,29-30,40,64,68,73-74,78-79H,3-17,19-25,28,31-39,41-63,65-67,69-72H2,1-2H3,(H,77,80)/b29-26-,30-27-,40-18-,68-64+. The van der Waals surface area contributed by atoms with Crippen molar-refractivity contribution >= 4 is 11.9 Å². The molecule has 2 unspecified atom stereocenters. The molecule has 0 aromatic rings. The van der Waals surface area contributed by atoms with Gasteiger partial charge in [0.1, 0.15) is 0 Å². The van der Waals surface area contributed by atoms with Gasteiger partial charge in [-0.2, -0.15) is 0 Å². The van der Waals surface area contributed by atoms with E-state index in [4.69, 9.17) is 4.74 Å². The molecular weight excluding hydrogens is 1010 g/mol. The molecule has 0 aliphatic rings. The highest BCUT2D eigenvalue weighted by Gasteiger charge is 2.18. The van der Waals surface area contributed by atoms with Crippen LogP contribution < -0.4 is 5.32 Å². The van der Waals surface area contributed by atoms with Gasteiger partial charge in [0, 0.05) is 12.8 Å². The number of aliphatic hydroxyl groups excluding tert-OH is 2. The van der Waals surface area contributed by atoms with Crippen LogP contribution in [0.25, 0.3) is 0 Å². The van der Waals surface area contributed by atoms with Crippen LogP contribution in [0.4, 0.5) is 0 Å². The van der Waals surface area contributed by atoms with Crippen LogP contribution in [-0.2, 0) is 14.3 Å². The molecule has 0 spiro atoms. The maximum Gasteiger partial charge on any atom is 0.305 e. The maximum atomic E-state index is 12.5. The first-order valence-corrected chi connectivity index (χ1v) is 36.9. The van der Waals surface area contributed by atoms with Crippen LogP contribution in [0.3, 0.4) is 0 Å². The van der Waals surface area contributed by atoms with Crippen molar-refractivity contribution in [3.63, 3.8) is 0 Å². The Labute approximate surface area is 512 Å². The molecule has 0 aliphatic carbocycles. The molecule has 0 fully saturated rings. The van der Waals surface area contributed by atoms with Gasteiger partial charge in [0.05, 0.1) is 25.4 Å². The van der Waals surface area contributed by atoms with E-state index in [1.54, 1.807) is 6.08 Å². The van der Waals surface area contributed by atoms with Crippen molar-refractivity contribution in [2.45, 2.75) is 411 Å². The van der Waals surface area contributed by atoms with E-state index in [2.05, 4.69) is 55.6 Å². The lowest BCUT2D eigenvalue weighted by molar-refractivity contribution is -0.143. The van der Waals surface area contributed by atoms with Crippen molar-refractivity contribution < 1.29 is 24.5 Å². The Morgan fingerprint density at radius 2 is 0.610 bits per heavy atom. The molecule has 0 bridgehead atoms. The van der Waals surface area contributed by atoms with Gasteiger partial charge in [-0.15, -0.1) is 0 Å². The van der Waals surface area contributed by atoms with Crippen molar-refractivity contribution in [1.29, 1.82) is 0 Å². The smallest absolute Gasteiger partial charge is 0.305 e. The zero-order valence-electron chi connectivity index (χ0n) is 55.2. The lowest BCUT2D eigenvalue weighted by Crippen LogP contribution is -2.45. The summed E-state index contributed by atoms with van der Waals surface area (Å²) in [5, 5.41) is 23.3. The fourth-order valence-electron chi connectivity index (χ4n) is 11.4. The number of carbonyl (C=O) groups excluding carboxylic acids is 2. The molecule has 0 saturated heterocycles. The third-order valence-electron chi connectivity index (χ3n) is 17.1. The number of ether oxygens (including phenoxy) is 1. The van der Waals surface area contributed by atoms with E-state index < -0.39 is 12.1 Å². The van der Waals surface area contributed by atoms with Gasteiger partial charge in [-0.3, -0.25) is 9.59 Å². The van der Waals surface area contributed by atoms with Gasteiger partial charge in [-0.25, -0.2) is 0 Å². The van der Waals surface area contributed by atoms with Crippen molar-refractivity contribution in [3.8, 4) is 0 Å². The molecule has 2 atom stereocenters. The number of unbranched alkanes of at least 4 members (excludes halogenated alkanes) is 52. The van der Waals surface area contributed by atoms with Crippen molar-refractivity contribution in [2.75, 3.05) is 13.2 Å². The molecular formula is C76H143NO5. The molecule has 0 aromatic carbocycles. The molecule has 82 heavy (non-hydrogen) atoms. The van der Waals surface area contributed by atoms with E-state index in [9.17, 15) is 19.8 Å². The summed E-state index contributed by atoms with van der Waals surface area (Å²) in [6.45, 7) is 4.92. The van der Waals surface area contributed by atoms with Crippen LogP contribution in [0.15, 0.2) is 48.6 Å². The number of carbonyl (C=O) groups is 2. The highest BCUT2D eigenvalue weighted by molar-refractivity contribution is 5.76. The van der Waals surface area contributed by atoms with E-state index >= 15 is 0 Å². The zero-order valence-corrected chi connectivity index (χ0v) is 55.2. The summed E-state index contributed by atoms with van der Waals surface area (Å²) in [5.74, 6) is -0.0694. The quantitative estimate of drug-likeness (QED) is 0.0320. The molecule has 0 aromatic heterocycles. The van der Waals surface area contributed by atoms with Gasteiger partial charge in [-0.1, -0.05) is 345 Å². The topological polar surface area (TPSA) is 95.9 Å². The lowest BCUT2D eigenvalue weighted by atomic mass is 10.0. The SMILES string of the molecule is CCCCCCCC/C=C\CCCCCCCC(=O)OCCCCCCCCCCC/C=C\C/C=C\CCCCCCCCCCCC(=O)NC(CO)C(O)/C=C/CCCCCCCCCCCCCCCCCCCCCCCCC. The van der Waals surface area contributed by atoms with Crippen LogP contribution in [0.2, 0.25) is 0 Å². The Morgan fingerprint density at radius 3 is 0.939 bits per heavy atom. The lowest BCUT2D eigenvalue weighted by Gasteiger charge is -2.20. The third-order valence-corrected chi connectivity index (χ3v) is 17.1. The van der Waals surface area contributed by atoms with Gasteiger partial charge < -0.3 is 20.3 Å². The summed E-state index contributed by atoms with van der Waals surface area (Å²) in [4.78, 5) is 24.6. The van der Waals surface area contributed by atoms with Gasteiger partial charge in [0.2, 0.25) is 5.91 Å². The van der Waals surface area contributed by atoms with Gasteiger partial charge in [-0.05, 0) is 89.9 Å². The Kier molecular flexibility index (Phi) is 69.4. The minimum Gasteiger partial charge on any atom is -0.466 e. The Hall–Kier alpha value is -2.18. The normalized spacial score (nSPS) is 12.8. The van der Waals surface area contributed by atoms with E-state index in [0.717, 1.165) is 51.4 Å². The average Bonchev–Trinajstić information content (AvgIpc) is 3.48. The summed E-state index contributed by atoms with van der Waals surface area (Å²) in [7, 11) is 0. The second-order valence-electron chi connectivity index (χ2n) is 25.3. The molecule has 0 saturated carbocycles.